The predicted molar refractivity (Wildman–Crippen MR) is 113 cm³/mol. The van der Waals surface area contributed by atoms with Crippen molar-refractivity contribution in [3.63, 3.8) is 0 Å². The molecule has 0 N–H and O–H groups in total. The maximum absolute atomic E-state index is 12.9. The highest BCUT2D eigenvalue weighted by Crippen LogP contribution is 2.30. The van der Waals surface area contributed by atoms with Crippen molar-refractivity contribution >= 4 is 6.09 Å². The Labute approximate surface area is 174 Å². The van der Waals surface area contributed by atoms with Crippen LogP contribution < -0.4 is 0 Å². The molecule has 1 aliphatic heterocycles. The summed E-state index contributed by atoms with van der Waals surface area (Å²) in [7, 11) is 1.59. The number of ether oxygens (including phenoxy) is 4. The zero-order valence-electron chi connectivity index (χ0n) is 18.5. The fraction of sp³-hybridized carbons (Fsp3) is 0.609. The molecule has 1 amide bonds. The molecule has 0 bridgehead atoms. The molecule has 0 unspecified atom stereocenters. The minimum absolute atomic E-state index is 0.0252. The smallest absolute Gasteiger partial charge is 0.410 e. The van der Waals surface area contributed by atoms with Crippen molar-refractivity contribution in [1.82, 2.24) is 4.90 Å². The quantitative estimate of drug-likeness (QED) is 0.595. The molecule has 29 heavy (non-hydrogen) atoms. The van der Waals surface area contributed by atoms with Crippen molar-refractivity contribution in [3.05, 3.63) is 48.0 Å². The summed E-state index contributed by atoms with van der Waals surface area (Å²) in [6.07, 6.45) is -1.76. The third-order valence-corrected chi connectivity index (χ3v) is 5.07. The summed E-state index contributed by atoms with van der Waals surface area (Å²) in [5.41, 5.74) is 1.83. The van der Waals surface area contributed by atoms with Crippen molar-refractivity contribution in [1.29, 1.82) is 0 Å². The number of amides is 1. The lowest BCUT2D eigenvalue weighted by Gasteiger charge is -2.41. The van der Waals surface area contributed by atoms with Gasteiger partial charge in [-0.3, -0.25) is 0 Å². The Morgan fingerprint density at radius 1 is 1.17 bits per heavy atom. The summed E-state index contributed by atoms with van der Waals surface area (Å²) in [6, 6.07) is 9.97. The van der Waals surface area contributed by atoms with E-state index < -0.39 is 18.5 Å². The molecule has 6 nitrogen and oxygen atoms in total. The molecule has 1 fully saturated rings. The molecule has 0 radical (unpaired) electrons. The molecule has 1 saturated heterocycles. The number of carbonyl (C=O) groups excluding carboxylic acids is 1. The van der Waals surface area contributed by atoms with Crippen LogP contribution in [-0.2, 0) is 25.6 Å². The average molecular weight is 406 g/mol. The molecule has 0 aromatic heterocycles. The van der Waals surface area contributed by atoms with Gasteiger partial charge < -0.3 is 23.8 Å². The Balaban J connectivity index is 2.13. The lowest BCUT2D eigenvalue weighted by Crippen LogP contribution is -2.52. The molecule has 1 heterocycles. The third-order valence-electron chi connectivity index (χ3n) is 5.07. The average Bonchev–Trinajstić information content (AvgIpc) is 2.67. The van der Waals surface area contributed by atoms with E-state index in [-0.39, 0.29) is 24.3 Å². The zero-order chi connectivity index (χ0) is 21.6. The van der Waals surface area contributed by atoms with Crippen LogP contribution >= 0.6 is 0 Å². The maximum Gasteiger partial charge on any atom is 0.410 e. The van der Waals surface area contributed by atoms with Gasteiger partial charge in [-0.05, 0) is 45.8 Å². The Morgan fingerprint density at radius 2 is 1.79 bits per heavy atom. The lowest BCUT2D eigenvalue weighted by atomic mass is 9.96. The number of hydrogen-bond donors (Lipinski definition) is 0. The first kappa shape index (κ1) is 23.4. The molecule has 1 aromatic rings. The number of methoxy groups -OCH3 is 1. The molecular formula is C23H35NO5. The Morgan fingerprint density at radius 3 is 2.34 bits per heavy atom. The number of carbonyl (C=O) groups is 1. The van der Waals surface area contributed by atoms with Gasteiger partial charge in [-0.1, -0.05) is 36.9 Å². The highest BCUT2D eigenvalue weighted by molar-refractivity contribution is 5.69. The first-order valence-corrected chi connectivity index (χ1v) is 10.2. The summed E-state index contributed by atoms with van der Waals surface area (Å²) >= 11 is 0. The highest BCUT2D eigenvalue weighted by atomic mass is 16.7. The molecular weight excluding hydrogens is 370 g/mol. The molecule has 0 saturated carbocycles. The fourth-order valence-corrected chi connectivity index (χ4v) is 3.59. The van der Waals surface area contributed by atoms with Crippen LogP contribution in [0.5, 0.6) is 0 Å². The summed E-state index contributed by atoms with van der Waals surface area (Å²) in [4.78, 5) is 14.6. The second-order valence-electron chi connectivity index (χ2n) is 8.03. The summed E-state index contributed by atoms with van der Waals surface area (Å²) in [5, 5.41) is 0. The number of rotatable bonds is 8. The van der Waals surface area contributed by atoms with E-state index in [2.05, 4.69) is 6.58 Å². The van der Waals surface area contributed by atoms with Crippen LogP contribution in [0.2, 0.25) is 0 Å². The van der Waals surface area contributed by atoms with E-state index >= 15 is 0 Å². The van der Waals surface area contributed by atoms with Crippen molar-refractivity contribution in [3.8, 4) is 0 Å². The van der Waals surface area contributed by atoms with Crippen LogP contribution in [0.4, 0.5) is 4.79 Å². The van der Waals surface area contributed by atoms with Crippen molar-refractivity contribution < 1.29 is 23.7 Å². The van der Waals surface area contributed by atoms with Gasteiger partial charge in [-0.2, -0.15) is 0 Å². The number of benzene rings is 1. The highest BCUT2D eigenvalue weighted by Gasteiger charge is 2.41. The summed E-state index contributed by atoms with van der Waals surface area (Å²) in [5.74, 6) is 0. The second kappa shape index (κ2) is 10.8. The molecule has 1 aromatic carbocycles. The normalized spacial score (nSPS) is 23.3. The van der Waals surface area contributed by atoms with Gasteiger partial charge >= 0.3 is 6.09 Å². The summed E-state index contributed by atoms with van der Waals surface area (Å²) in [6.45, 7) is 14.4. The molecule has 0 aliphatic carbocycles. The Hall–Kier alpha value is -1.89. The van der Waals surface area contributed by atoms with Gasteiger partial charge in [0.2, 0.25) is 0 Å². The first-order valence-electron chi connectivity index (χ1n) is 10.2. The SMILES string of the molecule is C=C1C[C@H](OC)O[C@H]([C@H](C)OCc2ccccc2)[C@H]1OC(=O)N(C(C)C)C(C)C. The van der Waals surface area contributed by atoms with Gasteiger partial charge in [0.1, 0.15) is 6.10 Å². The van der Waals surface area contributed by atoms with Gasteiger partial charge in [0.15, 0.2) is 12.4 Å². The fourth-order valence-electron chi connectivity index (χ4n) is 3.59. The second-order valence-corrected chi connectivity index (χ2v) is 8.03. The number of hydrogen-bond acceptors (Lipinski definition) is 5. The molecule has 4 atom stereocenters. The molecule has 162 valence electrons. The van der Waals surface area contributed by atoms with Crippen LogP contribution in [0.1, 0.15) is 46.6 Å². The summed E-state index contributed by atoms with van der Waals surface area (Å²) < 4.78 is 23.4. The monoisotopic (exact) mass is 405 g/mol. The lowest BCUT2D eigenvalue weighted by molar-refractivity contribution is -0.224. The van der Waals surface area contributed by atoms with Gasteiger partial charge in [0.25, 0.3) is 0 Å². The van der Waals surface area contributed by atoms with E-state index in [1.165, 1.54) is 0 Å². The number of nitrogens with zero attached hydrogens (tertiary/aromatic N) is 1. The standard InChI is InChI=1S/C23H35NO5/c1-15(2)24(16(3)4)23(25)29-21-17(5)13-20(26-7)28-22(21)18(6)27-14-19-11-9-8-10-12-19/h8-12,15-16,18,20-22H,5,13-14H2,1-4,6-7H3/t18-,20+,21-,22+/m0/s1. The first-order chi connectivity index (χ1) is 13.7. The van der Waals surface area contributed by atoms with Crippen LogP contribution in [0.3, 0.4) is 0 Å². The molecule has 1 aliphatic rings. The Kier molecular flexibility index (Phi) is 8.68. The van der Waals surface area contributed by atoms with E-state index in [0.717, 1.165) is 11.1 Å². The third kappa shape index (κ3) is 6.29. The van der Waals surface area contributed by atoms with E-state index in [1.54, 1.807) is 12.0 Å². The van der Waals surface area contributed by atoms with E-state index in [4.69, 9.17) is 18.9 Å². The van der Waals surface area contributed by atoms with Gasteiger partial charge in [-0.15, -0.1) is 0 Å². The van der Waals surface area contributed by atoms with E-state index in [9.17, 15) is 4.79 Å². The van der Waals surface area contributed by atoms with E-state index in [1.807, 2.05) is 65.0 Å². The van der Waals surface area contributed by atoms with Gasteiger partial charge in [0, 0.05) is 25.6 Å². The van der Waals surface area contributed by atoms with Crippen LogP contribution in [0.15, 0.2) is 42.5 Å². The predicted octanol–water partition coefficient (Wildman–Crippen LogP) is 4.53. The van der Waals surface area contributed by atoms with E-state index in [0.29, 0.717) is 13.0 Å². The van der Waals surface area contributed by atoms with Crippen LogP contribution in [0.25, 0.3) is 0 Å². The van der Waals surface area contributed by atoms with Gasteiger partial charge in [0.05, 0.1) is 12.7 Å². The van der Waals surface area contributed by atoms with Crippen molar-refractivity contribution in [2.45, 2.75) is 84.3 Å². The van der Waals surface area contributed by atoms with Gasteiger partial charge in [-0.25, -0.2) is 4.79 Å². The van der Waals surface area contributed by atoms with Crippen LogP contribution in [0, 0.1) is 0 Å². The molecule has 6 heteroatoms. The molecule has 2 rings (SSSR count). The van der Waals surface area contributed by atoms with Crippen molar-refractivity contribution in [2.24, 2.45) is 0 Å². The largest absolute Gasteiger partial charge is 0.439 e. The molecule has 0 spiro atoms. The van der Waals surface area contributed by atoms with Crippen molar-refractivity contribution in [2.75, 3.05) is 7.11 Å². The topological polar surface area (TPSA) is 57.2 Å². The zero-order valence-corrected chi connectivity index (χ0v) is 18.5. The van der Waals surface area contributed by atoms with Crippen LogP contribution in [-0.4, -0.2) is 54.8 Å². The minimum Gasteiger partial charge on any atom is -0.439 e. The minimum atomic E-state index is -0.598. The Bertz CT molecular complexity index is 652. The maximum atomic E-state index is 12.9.